The number of carbonyl (C=O) groups is 2. The number of aromatic nitrogens is 2. The highest BCUT2D eigenvalue weighted by Gasteiger charge is 2.21. The van der Waals surface area contributed by atoms with Crippen LogP contribution in [-0.2, 0) is 9.53 Å². The average molecular weight is 409 g/mol. The molecule has 30 heavy (non-hydrogen) atoms. The zero-order valence-corrected chi connectivity index (χ0v) is 17.3. The molecule has 2 aromatic carbocycles. The molecule has 0 bridgehead atoms. The van der Waals surface area contributed by atoms with Crippen molar-refractivity contribution in [2.24, 2.45) is 0 Å². The van der Waals surface area contributed by atoms with Crippen LogP contribution in [0, 0.1) is 12.7 Å². The van der Waals surface area contributed by atoms with E-state index in [4.69, 9.17) is 0 Å². The Morgan fingerprint density at radius 2 is 1.77 bits per heavy atom. The van der Waals surface area contributed by atoms with Crippen LogP contribution in [0.2, 0.25) is 0 Å². The Labute approximate surface area is 174 Å². The van der Waals surface area contributed by atoms with Gasteiger partial charge in [-0.05, 0) is 37.6 Å². The van der Waals surface area contributed by atoms with Gasteiger partial charge in [-0.15, -0.1) is 0 Å². The van der Waals surface area contributed by atoms with E-state index in [0.717, 1.165) is 11.1 Å². The summed E-state index contributed by atoms with van der Waals surface area (Å²) in [6, 6.07) is 13.7. The summed E-state index contributed by atoms with van der Waals surface area (Å²) >= 11 is 0. The number of nitrogens with zero attached hydrogens (tertiary/aromatic N) is 3. The molecule has 0 aliphatic rings. The van der Waals surface area contributed by atoms with Gasteiger partial charge in [-0.25, -0.2) is 9.07 Å². The highest BCUT2D eigenvalue weighted by molar-refractivity contribution is 5.99. The number of halogens is 1. The Morgan fingerprint density at radius 1 is 1.10 bits per heavy atom. The molecule has 0 radical (unpaired) electrons. The largest absolute Gasteiger partial charge is 0.469 e. The normalized spacial score (nSPS) is 10.7. The maximum absolute atomic E-state index is 13.3. The number of ether oxygens (including phenoxy) is 1. The molecule has 0 unspecified atom stereocenters. The first kappa shape index (κ1) is 21.2. The monoisotopic (exact) mass is 409 g/mol. The number of esters is 1. The van der Waals surface area contributed by atoms with Crippen molar-refractivity contribution >= 4 is 11.9 Å². The molecule has 7 heteroatoms. The molecule has 3 aromatic rings. The van der Waals surface area contributed by atoms with Crippen LogP contribution >= 0.6 is 0 Å². The van der Waals surface area contributed by atoms with E-state index in [1.807, 2.05) is 31.2 Å². The van der Waals surface area contributed by atoms with Crippen molar-refractivity contribution in [1.82, 2.24) is 14.7 Å². The van der Waals surface area contributed by atoms with Crippen LogP contribution in [0.15, 0.2) is 54.7 Å². The fraction of sp³-hybridized carbons (Fsp3) is 0.261. The van der Waals surface area contributed by atoms with Crippen molar-refractivity contribution in [3.63, 3.8) is 0 Å². The number of hydrogen-bond donors (Lipinski definition) is 0. The topological polar surface area (TPSA) is 64.4 Å². The lowest BCUT2D eigenvalue weighted by Gasteiger charge is -2.16. The number of benzene rings is 2. The molecule has 1 amide bonds. The first-order valence-electron chi connectivity index (χ1n) is 9.64. The van der Waals surface area contributed by atoms with Crippen molar-refractivity contribution in [1.29, 1.82) is 0 Å². The molecule has 0 saturated carbocycles. The molecule has 0 fully saturated rings. The van der Waals surface area contributed by atoms with E-state index in [1.165, 1.54) is 19.2 Å². The SMILES string of the molecule is COC(=O)CCCN(C)C(=O)c1cn(-c2ccc(F)cc2)nc1-c1ccc(C)cc1. The predicted molar refractivity (Wildman–Crippen MR) is 112 cm³/mol. The number of amides is 1. The molecular formula is C23H24FN3O3. The van der Waals surface area contributed by atoms with E-state index in [2.05, 4.69) is 9.84 Å². The van der Waals surface area contributed by atoms with E-state index in [9.17, 15) is 14.0 Å². The molecule has 0 spiro atoms. The quantitative estimate of drug-likeness (QED) is 0.553. The molecular weight excluding hydrogens is 385 g/mol. The number of hydrogen-bond acceptors (Lipinski definition) is 4. The number of aryl methyl sites for hydroxylation is 1. The molecule has 0 aliphatic carbocycles. The van der Waals surface area contributed by atoms with Gasteiger partial charge >= 0.3 is 5.97 Å². The second-order valence-corrected chi connectivity index (χ2v) is 7.08. The minimum absolute atomic E-state index is 0.205. The van der Waals surface area contributed by atoms with Gasteiger partial charge in [-0.1, -0.05) is 29.8 Å². The maximum Gasteiger partial charge on any atom is 0.305 e. The summed E-state index contributed by atoms with van der Waals surface area (Å²) in [7, 11) is 3.03. The third-order valence-electron chi connectivity index (χ3n) is 4.81. The zero-order valence-electron chi connectivity index (χ0n) is 17.3. The van der Waals surface area contributed by atoms with Gasteiger partial charge in [0.05, 0.1) is 18.4 Å². The molecule has 1 heterocycles. The lowest BCUT2D eigenvalue weighted by Crippen LogP contribution is -2.28. The van der Waals surface area contributed by atoms with Crippen LogP contribution in [0.4, 0.5) is 4.39 Å². The third-order valence-corrected chi connectivity index (χ3v) is 4.81. The molecule has 0 aliphatic heterocycles. The Hall–Kier alpha value is -3.48. The Morgan fingerprint density at radius 3 is 2.40 bits per heavy atom. The zero-order chi connectivity index (χ0) is 21.7. The standard InChI is InChI=1S/C23H24FN3O3/c1-16-6-8-17(9-7-16)22-20(23(29)26(2)14-4-5-21(28)30-3)15-27(25-22)19-12-10-18(24)11-13-19/h6-13,15H,4-5,14H2,1-3H3. The highest BCUT2D eigenvalue weighted by atomic mass is 19.1. The second-order valence-electron chi connectivity index (χ2n) is 7.08. The van der Waals surface area contributed by atoms with E-state index >= 15 is 0 Å². The van der Waals surface area contributed by atoms with Crippen LogP contribution in [0.1, 0.15) is 28.8 Å². The van der Waals surface area contributed by atoms with E-state index in [-0.39, 0.29) is 24.1 Å². The lowest BCUT2D eigenvalue weighted by molar-refractivity contribution is -0.140. The minimum atomic E-state index is -0.341. The predicted octanol–water partition coefficient (Wildman–Crippen LogP) is 4.01. The smallest absolute Gasteiger partial charge is 0.305 e. The van der Waals surface area contributed by atoms with Crippen molar-refractivity contribution in [3.8, 4) is 16.9 Å². The summed E-state index contributed by atoms with van der Waals surface area (Å²) < 4.78 is 19.5. The molecule has 1 aromatic heterocycles. The average Bonchev–Trinajstić information content (AvgIpc) is 3.19. The fourth-order valence-corrected chi connectivity index (χ4v) is 3.05. The van der Waals surface area contributed by atoms with E-state index in [1.54, 1.807) is 35.0 Å². The summed E-state index contributed by atoms with van der Waals surface area (Å²) in [4.78, 5) is 26.0. The van der Waals surface area contributed by atoms with Gasteiger partial charge in [0.25, 0.3) is 5.91 Å². The molecule has 6 nitrogen and oxygen atoms in total. The summed E-state index contributed by atoms with van der Waals surface area (Å²) in [5.74, 6) is -0.851. The molecule has 3 rings (SSSR count). The van der Waals surface area contributed by atoms with Crippen LogP contribution in [0.25, 0.3) is 16.9 Å². The highest BCUT2D eigenvalue weighted by Crippen LogP contribution is 2.25. The van der Waals surface area contributed by atoms with Crippen molar-refractivity contribution < 1.29 is 18.7 Å². The summed E-state index contributed by atoms with van der Waals surface area (Å²) in [6.07, 6.45) is 2.40. The van der Waals surface area contributed by atoms with Gasteiger partial charge in [-0.3, -0.25) is 9.59 Å². The summed E-state index contributed by atoms with van der Waals surface area (Å²) in [5, 5.41) is 4.61. The van der Waals surface area contributed by atoms with Crippen LogP contribution in [0.3, 0.4) is 0 Å². The fourth-order valence-electron chi connectivity index (χ4n) is 3.05. The minimum Gasteiger partial charge on any atom is -0.469 e. The van der Waals surface area contributed by atoms with Gasteiger partial charge in [0.2, 0.25) is 0 Å². The lowest BCUT2D eigenvalue weighted by atomic mass is 10.1. The first-order valence-corrected chi connectivity index (χ1v) is 9.64. The molecule has 0 atom stereocenters. The van der Waals surface area contributed by atoms with Crippen LogP contribution in [-0.4, -0.2) is 47.3 Å². The van der Waals surface area contributed by atoms with Gasteiger partial charge in [-0.2, -0.15) is 5.10 Å². The third kappa shape index (κ3) is 4.92. The van der Waals surface area contributed by atoms with Gasteiger partial charge < -0.3 is 9.64 Å². The number of rotatable bonds is 7. The molecule has 0 N–H and O–H groups in total. The van der Waals surface area contributed by atoms with Gasteiger partial charge in [0, 0.05) is 31.8 Å². The Kier molecular flexibility index (Phi) is 6.61. The van der Waals surface area contributed by atoms with E-state index < -0.39 is 0 Å². The second kappa shape index (κ2) is 9.35. The van der Waals surface area contributed by atoms with Crippen LogP contribution in [0.5, 0.6) is 0 Å². The maximum atomic E-state index is 13.3. The molecule has 0 saturated heterocycles. The summed E-state index contributed by atoms with van der Waals surface area (Å²) in [6.45, 7) is 2.39. The van der Waals surface area contributed by atoms with Crippen molar-refractivity contribution in [2.75, 3.05) is 20.7 Å². The number of methoxy groups -OCH3 is 1. The number of carbonyl (C=O) groups excluding carboxylic acids is 2. The van der Waals surface area contributed by atoms with Crippen molar-refractivity contribution in [3.05, 3.63) is 71.7 Å². The first-order chi connectivity index (χ1) is 14.4. The van der Waals surface area contributed by atoms with Crippen molar-refractivity contribution in [2.45, 2.75) is 19.8 Å². The van der Waals surface area contributed by atoms with E-state index in [0.29, 0.717) is 29.9 Å². The van der Waals surface area contributed by atoms with Gasteiger partial charge in [0.15, 0.2) is 0 Å². The Balaban J connectivity index is 1.92. The molecule has 156 valence electrons. The summed E-state index contributed by atoms with van der Waals surface area (Å²) in [5.41, 5.74) is 3.54. The van der Waals surface area contributed by atoms with Crippen LogP contribution < -0.4 is 0 Å². The van der Waals surface area contributed by atoms with Gasteiger partial charge in [0.1, 0.15) is 11.5 Å². The Bertz CT molecular complexity index is 1030.